The Balaban J connectivity index is 1.64. The predicted octanol–water partition coefficient (Wildman–Crippen LogP) is 1.99. The Labute approximate surface area is 160 Å². The van der Waals surface area contributed by atoms with Crippen LogP contribution >= 0.6 is 0 Å². The molecule has 1 fully saturated rings. The minimum atomic E-state index is -3.61. The SMILES string of the molecule is Cc1cccc(CCNC(=O)c2cccc(S(=O)(=O)N3CCOCC3)c2)c1. The van der Waals surface area contributed by atoms with Crippen LogP contribution in [0, 0.1) is 6.92 Å². The quantitative estimate of drug-likeness (QED) is 0.821. The van der Waals surface area contributed by atoms with E-state index in [9.17, 15) is 13.2 Å². The average molecular weight is 388 g/mol. The molecule has 1 N–H and O–H groups in total. The molecule has 2 aromatic carbocycles. The van der Waals surface area contributed by atoms with Gasteiger partial charge in [-0.2, -0.15) is 4.31 Å². The average Bonchev–Trinajstić information content (AvgIpc) is 2.69. The molecule has 0 radical (unpaired) electrons. The van der Waals surface area contributed by atoms with Gasteiger partial charge in [0.25, 0.3) is 5.91 Å². The highest BCUT2D eigenvalue weighted by Crippen LogP contribution is 2.18. The van der Waals surface area contributed by atoms with Crippen LogP contribution in [-0.4, -0.2) is 51.5 Å². The van der Waals surface area contributed by atoms with Gasteiger partial charge < -0.3 is 10.1 Å². The summed E-state index contributed by atoms with van der Waals surface area (Å²) in [4.78, 5) is 12.6. The van der Waals surface area contributed by atoms with E-state index >= 15 is 0 Å². The zero-order valence-corrected chi connectivity index (χ0v) is 16.2. The lowest BCUT2D eigenvalue weighted by Gasteiger charge is -2.26. The molecule has 0 bridgehead atoms. The fourth-order valence-corrected chi connectivity index (χ4v) is 4.48. The summed E-state index contributed by atoms with van der Waals surface area (Å²) < 4.78 is 32.1. The summed E-state index contributed by atoms with van der Waals surface area (Å²) in [7, 11) is -3.61. The summed E-state index contributed by atoms with van der Waals surface area (Å²) in [5, 5.41) is 2.86. The third kappa shape index (κ3) is 4.94. The van der Waals surface area contributed by atoms with Crippen molar-refractivity contribution in [3.05, 3.63) is 65.2 Å². The van der Waals surface area contributed by atoms with Crippen LogP contribution in [0.15, 0.2) is 53.4 Å². The Morgan fingerprint density at radius 3 is 2.59 bits per heavy atom. The number of nitrogens with zero attached hydrogens (tertiary/aromatic N) is 1. The van der Waals surface area contributed by atoms with Gasteiger partial charge in [-0.25, -0.2) is 8.42 Å². The van der Waals surface area contributed by atoms with Crippen LogP contribution in [0.3, 0.4) is 0 Å². The molecule has 2 aromatic rings. The Morgan fingerprint density at radius 1 is 1.11 bits per heavy atom. The van der Waals surface area contributed by atoms with E-state index in [1.54, 1.807) is 12.1 Å². The first-order chi connectivity index (χ1) is 13.0. The molecule has 0 saturated carbocycles. The number of hydrogen-bond donors (Lipinski definition) is 1. The molecule has 144 valence electrons. The molecule has 7 heteroatoms. The Bertz CT molecular complexity index is 906. The third-order valence-electron chi connectivity index (χ3n) is 4.49. The van der Waals surface area contributed by atoms with Crippen LogP contribution in [0.4, 0.5) is 0 Å². The van der Waals surface area contributed by atoms with Gasteiger partial charge in [0.2, 0.25) is 10.0 Å². The van der Waals surface area contributed by atoms with Crippen LogP contribution in [0.2, 0.25) is 0 Å². The minimum absolute atomic E-state index is 0.135. The summed E-state index contributed by atoms with van der Waals surface area (Å²) in [6, 6.07) is 14.3. The van der Waals surface area contributed by atoms with E-state index < -0.39 is 10.0 Å². The number of benzene rings is 2. The normalized spacial score (nSPS) is 15.4. The van der Waals surface area contributed by atoms with E-state index in [1.165, 1.54) is 22.0 Å². The number of rotatable bonds is 6. The van der Waals surface area contributed by atoms with Gasteiger partial charge >= 0.3 is 0 Å². The fourth-order valence-electron chi connectivity index (χ4n) is 3.02. The van der Waals surface area contributed by atoms with E-state index in [0.717, 1.165) is 12.0 Å². The second kappa shape index (κ2) is 8.65. The second-order valence-corrected chi connectivity index (χ2v) is 8.48. The van der Waals surface area contributed by atoms with Crippen molar-refractivity contribution in [2.24, 2.45) is 0 Å². The predicted molar refractivity (Wildman–Crippen MR) is 103 cm³/mol. The highest BCUT2D eigenvalue weighted by atomic mass is 32.2. The van der Waals surface area contributed by atoms with Crippen molar-refractivity contribution in [1.29, 1.82) is 0 Å². The molecular weight excluding hydrogens is 364 g/mol. The smallest absolute Gasteiger partial charge is 0.251 e. The summed E-state index contributed by atoms with van der Waals surface area (Å²) in [6.07, 6.45) is 0.721. The number of morpholine rings is 1. The van der Waals surface area contributed by atoms with Crippen LogP contribution in [0.1, 0.15) is 21.5 Å². The lowest BCUT2D eigenvalue weighted by molar-refractivity contribution is 0.0730. The lowest BCUT2D eigenvalue weighted by atomic mass is 10.1. The molecule has 3 rings (SSSR count). The molecule has 27 heavy (non-hydrogen) atoms. The fraction of sp³-hybridized carbons (Fsp3) is 0.350. The maximum absolute atomic E-state index is 12.7. The number of sulfonamides is 1. The van der Waals surface area contributed by atoms with Gasteiger partial charge in [-0.1, -0.05) is 35.9 Å². The first-order valence-corrected chi connectivity index (χ1v) is 10.4. The van der Waals surface area contributed by atoms with Gasteiger partial charge in [-0.3, -0.25) is 4.79 Å². The molecule has 1 amide bonds. The molecular formula is C20H24N2O4S. The largest absolute Gasteiger partial charge is 0.379 e. The van der Waals surface area contributed by atoms with E-state index in [-0.39, 0.29) is 10.8 Å². The molecule has 1 saturated heterocycles. The van der Waals surface area contributed by atoms with Crippen LogP contribution in [0.5, 0.6) is 0 Å². The molecule has 0 unspecified atom stereocenters. The third-order valence-corrected chi connectivity index (χ3v) is 6.38. The van der Waals surface area contributed by atoms with E-state index in [0.29, 0.717) is 38.4 Å². The zero-order valence-electron chi connectivity index (χ0n) is 15.3. The zero-order chi connectivity index (χ0) is 19.3. The number of ether oxygens (including phenoxy) is 1. The molecule has 1 aliphatic rings. The van der Waals surface area contributed by atoms with Gasteiger partial charge in [-0.15, -0.1) is 0 Å². The molecule has 0 spiro atoms. The number of carbonyl (C=O) groups excluding carboxylic acids is 1. The summed E-state index contributed by atoms with van der Waals surface area (Å²) >= 11 is 0. The van der Waals surface area contributed by atoms with Crippen LogP contribution < -0.4 is 5.32 Å². The highest BCUT2D eigenvalue weighted by Gasteiger charge is 2.26. The van der Waals surface area contributed by atoms with Crippen molar-refractivity contribution in [2.45, 2.75) is 18.2 Å². The number of amides is 1. The number of carbonyl (C=O) groups is 1. The van der Waals surface area contributed by atoms with Gasteiger partial charge in [0.1, 0.15) is 0 Å². The number of aryl methyl sites for hydroxylation is 1. The van der Waals surface area contributed by atoms with Crippen molar-refractivity contribution < 1.29 is 17.9 Å². The molecule has 1 aliphatic heterocycles. The summed E-state index contributed by atoms with van der Waals surface area (Å²) in [6.45, 7) is 3.95. The Hall–Kier alpha value is -2.22. The Kier molecular flexibility index (Phi) is 6.26. The molecule has 6 nitrogen and oxygen atoms in total. The molecule has 0 atom stereocenters. The van der Waals surface area contributed by atoms with Crippen molar-refractivity contribution in [1.82, 2.24) is 9.62 Å². The van der Waals surface area contributed by atoms with E-state index in [1.807, 2.05) is 25.1 Å². The van der Waals surface area contributed by atoms with Gasteiger partial charge in [0.15, 0.2) is 0 Å². The van der Waals surface area contributed by atoms with Gasteiger partial charge in [-0.05, 0) is 37.1 Å². The minimum Gasteiger partial charge on any atom is -0.379 e. The maximum Gasteiger partial charge on any atom is 0.251 e. The van der Waals surface area contributed by atoms with Crippen molar-refractivity contribution in [3.8, 4) is 0 Å². The standard InChI is InChI=1S/C20H24N2O4S/c1-16-4-2-5-17(14-16)8-9-21-20(23)18-6-3-7-19(15-18)27(24,25)22-10-12-26-13-11-22/h2-7,14-15H,8-13H2,1H3,(H,21,23). The number of nitrogens with one attached hydrogen (secondary N) is 1. The molecule has 0 aliphatic carbocycles. The lowest BCUT2D eigenvalue weighted by Crippen LogP contribution is -2.40. The van der Waals surface area contributed by atoms with Crippen LogP contribution in [-0.2, 0) is 21.2 Å². The second-order valence-electron chi connectivity index (χ2n) is 6.54. The van der Waals surface area contributed by atoms with Gasteiger partial charge in [0, 0.05) is 25.2 Å². The summed E-state index contributed by atoms with van der Waals surface area (Å²) in [5.41, 5.74) is 2.67. The highest BCUT2D eigenvalue weighted by molar-refractivity contribution is 7.89. The van der Waals surface area contributed by atoms with Gasteiger partial charge in [0.05, 0.1) is 18.1 Å². The summed E-state index contributed by atoms with van der Waals surface area (Å²) in [5.74, 6) is -0.276. The van der Waals surface area contributed by atoms with Crippen molar-refractivity contribution >= 4 is 15.9 Å². The number of hydrogen-bond acceptors (Lipinski definition) is 4. The first-order valence-electron chi connectivity index (χ1n) is 8.98. The first kappa shape index (κ1) is 19.5. The van der Waals surface area contributed by atoms with Crippen molar-refractivity contribution in [3.63, 3.8) is 0 Å². The van der Waals surface area contributed by atoms with E-state index in [4.69, 9.17) is 4.74 Å². The van der Waals surface area contributed by atoms with Crippen LogP contribution in [0.25, 0.3) is 0 Å². The molecule has 0 aromatic heterocycles. The topological polar surface area (TPSA) is 75.7 Å². The van der Waals surface area contributed by atoms with Crippen molar-refractivity contribution in [2.75, 3.05) is 32.8 Å². The Morgan fingerprint density at radius 2 is 1.85 bits per heavy atom. The monoisotopic (exact) mass is 388 g/mol. The molecule has 1 heterocycles. The van der Waals surface area contributed by atoms with E-state index in [2.05, 4.69) is 11.4 Å². The maximum atomic E-state index is 12.7.